The van der Waals surface area contributed by atoms with Crippen molar-refractivity contribution in [3.05, 3.63) is 22.7 Å². The number of hydrogen-bond acceptors (Lipinski definition) is 2. The molecule has 0 radical (unpaired) electrons. The average Bonchev–Trinajstić information content (AvgIpc) is 1.88. The molecule has 0 aromatic carbocycles. The predicted octanol–water partition coefficient (Wildman–Crippen LogP) is 1.93. The van der Waals surface area contributed by atoms with Gasteiger partial charge in [0.25, 0.3) is 0 Å². The first-order valence-corrected chi connectivity index (χ1v) is 5.08. The summed E-state index contributed by atoms with van der Waals surface area (Å²) in [6.45, 7) is 0. The summed E-state index contributed by atoms with van der Waals surface area (Å²) in [5.74, 6) is 0. The minimum absolute atomic E-state index is 0.223. The Morgan fingerprint density at radius 2 is 2.40 bits per heavy atom. The van der Waals surface area contributed by atoms with E-state index in [1.165, 1.54) is 0 Å². The summed E-state index contributed by atoms with van der Waals surface area (Å²) < 4.78 is 0.963. The molecule has 2 unspecified atom stereocenters. The fourth-order valence-corrected chi connectivity index (χ4v) is 1.85. The summed E-state index contributed by atoms with van der Waals surface area (Å²) in [5.41, 5.74) is 0. The lowest BCUT2D eigenvalue weighted by Gasteiger charge is -2.17. The normalized spacial score (nSPS) is 32.1. The minimum Gasteiger partial charge on any atom is -0.387 e. The van der Waals surface area contributed by atoms with Crippen molar-refractivity contribution in [1.82, 2.24) is 0 Å². The van der Waals surface area contributed by atoms with E-state index in [1.54, 1.807) is 17.8 Å². The van der Waals surface area contributed by atoms with Crippen molar-refractivity contribution in [2.45, 2.75) is 11.4 Å². The van der Waals surface area contributed by atoms with Crippen molar-refractivity contribution in [3.8, 4) is 0 Å². The van der Waals surface area contributed by atoms with Gasteiger partial charge in [-0.15, -0.1) is 0 Å². The van der Waals surface area contributed by atoms with Gasteiger partial charge in [0.15, 0.2) is 0 Å². The third-order valence-corrected chi connectivity index (χ3v) is 2.89. The molecule has 0 fully saturated rings. The zero-order chi connectivity index (χ0) is 7.56. The van der Waals surface area contributed by atoms with Gasteiger partial charge >= 0.3 is 0 Å². The van der Waals surface area contributed by atoms with Crippen molar-refractivity contribution in [2.75, 3.05) is 6.26 Å². The van der Waals surface area contributed by atoms with Gasteiger partial charge in [-0.05, 0) is 12.3 Å². The predicted molar refractivity (Wildman–Crippen MR) is 49.5 cm³/mol. The van der Waals surface area contributed by atoms with Crippen LogP contribution in [0.1, 0.15) is 0 Å². The first-order chi connectivity index (χ1) is 4.74. The van der Waals surface area contributed by atoms with Gasteiger partial charge in [-0.3, -0.25) is 0 Å². The molecule has 0 amide bonds. The Morgan fingerprint density at radius 1 is 1.70 bits per heavy atom. The molecule has 0 heterocycles. The van der Waals surface area contributed by atoms with Crippen molar-refractivity contribution in [3.63, 3.8) is 0 Å². The second kappa shape index (κ2) is 3.60. The fraction of sp³-hybridized carbons (Fsp3) is 0.429. The van der Waals surface area contributed by atoms with Crippen LogP contribution in [0.2, 0.25) is 0 Å². The van der Waals surface area contributed by atoms with Crippen LogP contribution in [-0.2, 0) is 0 Å². The van der Waals surface area contributed by atoms with E-state index in [-0.39, 0.29) is 11.4 Å². The van der Waals surface area contributed by atoms with Crippen LogP contribution in [0.25, 0.3) is 0 Å². The van der Waals surface area contributed by atoms with Crippen molar-refractivity contribution < 1.29 is 5.11 Å². The molecule has 1 nitrogen and oxygen atoms in total. The minimum atomic E-state index is -0.339. The van der Waals surface area contributed by atoms with Crippen LogP contribution in [-0.4, -0.2) is 22.7 Å². The Balaban J connectivity index is 2.64. The summed E-state index contributed by atoms with van der Waals surface area (Å²) in [7, 11) is 0. The Morgan fingerprint density at radius 3 is 2.90 bits per heavy atom. The number of allylic oxidation sites excluding steroid dienone is 2. The van der Waals surface area contributed by atoms with E-state index in [9.17, 15) is 5.11 Å². The first kappa shape index (κ1) is 8.37. The molecule has 10 heavy (non-hydrogen) atoms. The van der Waals surface area contributed by atoms with Crippen molar-refractivity contribution >= 4 is 27.7 Å². The summed E-state index contributed by atoms with van der Waals surface area (Å²) in [5, 5.41) is 9.58. The van der Waals surface area contributed by atoms with Gasteiger partial charge in [0.05, 0.1) is 11.4 Å². The lowest BCUT2D eigenvalue weighted by atomic mass is 10.1. The Bertz CT molecular complexity index is 176. The van der Waals surface area contributed by atoms with Gasteiger partial charge in [0.2, 0.25) is 0 Å². The fourth-order valence-electron chi connectivity index (χ4n) is 0.832. The van der Waals surface area contributed by atoms with Gasteiger partial charge in [-0.1, -0.05) is 28.1 Å². The molecule has 1 N–H and O–H groups in total. The number of hydrogen-bond donors (Lipinski definition) is 1. The highest BCUT2D eigenvalue weighted by Gasteiger charge is 2.15. The number of aliphatic hydroxyl groups is 1. The van der Waals surface area contributed by atoms with Crippen LogP contribution in [0.5, 0.6) is 0 Å². The molecule has 0 aromatic rings. The largest absolute Gasteiger partial charge is 0.387 e. The maximum absolute atomic E-state index is 9.36. The zero-order valence-corrected chi connectivity index (χ0v) is 8.02. The topological polar surface area (TPSA) is 20.2 Å². The molecular weight excluding hydrogens is 212 g/mol. The molecule has 56 valence electrons. The summed E-state index contributed by atoms with van der Waals surface area (Å²) in [4.78, 5) is 0. The molecular formula is C7H9BrOS. The van der Waals surface area contributed by atoms with Gasteiger partial charge in [-0.25, -0.2) is 0 Å². The number of rotatable bonds is 1. The molecule has 1 aliphatic carbocycles. The van der Waals surface area contributed by atoms with Gasteiger partial charge in [0, 0.05) is 4.48 Å². The first-order valence-electron chi connectivity index (χ1n) is 3.00. The zero-order valence-electron chi connectivity index (χ0n) is 5.62. The Kier molecular flexibility index (Phi) is 3.01. The molecule has 0 aliphatic heterocycles. The smallest absolute Gasteiger partial charge is 0.0888 e. The van der Waals surface area contributed by atoms with Gasteiger partial charge < -0.3 is 5.11 Å². The summed E-state index contributed by atoms with van der Waals surface area (Å²) >= 11 is 4.94. The van der Waals surface area contributed by atoms with Crippen LogP contribution in [0.15, 0.2) is 22.7 Å². The van der Waals surface area contributed by atoms with E-state index in [2.05, 4.69) is 15.9 Å². The Hall–Kier alpha value is 0.270. The second-order valence-electron chi connectivity index (χ2n) is 2.10. The molecule has 0 saturated carbocycles. The van der Waals surface area contributed by atoms with Gasteiger partial charge in [-0.2, -0.15) is 11.8 Å². The number of halogens is 1. The van der Waals surface area contributed by atoms with Crippen molar-refractivity contribution in [2.24, 2.45) is 0 Å². The van der Waals surface area contributed by atoms with E-state index in [4.69, 9.17) is 0 Å². The third kappa shape index (κ3) is 1.87. The van der Waals surface area contributed by atoms with Gasteiger partial charge in [0.1, 0.15) is 0 Å². The van der Waals surface area contributed by atoms with Crippen LogP contribution in [0.4, 0.5) is 0 Å². The maximum Gasteiger partial charge on any atom is 0.0888 e. The number of thioether (sulfide) groups is 1. The highest BCUT2D eigenvalue weighted by Crippen LogP contribution is 2.22. The van der Waals surface area contributed by atoms with E-state index in [1.807, 2.05) is 18.4 Å². The van der Waals surface area contributed by atoms with E-state index < -0.39 is 0 Å². The summed E-state index contributed by atoms with van der Waals surface area (Å²) in [6, 6.07) is 0. The lowest BCUT2D eigenvalue weighted by Crippen LogP contribution is -2.20. The molecule has 0 spiro atoms. The number of aliphatic hydroxyl groups excluding tert-OH is 1. The highest BCUT2D eigenvalue weighted by molar-refractivity contribution is 9.11. The monoisotopic (exact) mass is 220 g/mol. The summed E-state index contributed by atoms with van der Waals surface area (Å²) in [6.07, 6.45) is 7.43. The molecule has 0 bridgehead atoms. The van der Waals surface area contributed by atoms with E-state index in [0.29, 0.717) is 0 Å². The lowest BCUT2D eigenvalue weighted by molar-refractivity contribution is 0.230. The molecule has 3 heteroatoms. The SMILES string of the molecule is CSC1C=CC(Br)=CC1O. The molecule has 1 aliphatic rings. The van der Waals surface area contributed by atoms with Crippen LogP contribution in [0, 0.1) is 0 Å². The van der Waals surface area contributed by atoms with E-state index in [0.717, 1.165) is 4.48 Å². The Labute approximate surface area is 73.3 Å². The highest BCUT2D eigenvalue weighted by atomic mass is 79.9. The molecule has 0 saturated heterocycles. The molecule has 2 atom stereocenters. The second-order valence-corrected chi connectivity index (χ2v) is 4.03. The molecule has 0 aromatic heterocycles. The van der Waals surface area contributed by atoms with Crippen LogP contribution < -0.4 is 0 Å². The molecule has 1 rings (SSSR count). The van der Waals surface area contributed by atoms with Crippen LogP contribution in [0.3, 0.4) is 0 Å². The standard InChI is InChI=1S/C7H9BrOS/c1-10-7-3-2-5(8)4-6(7)9/h2-4,6-7,9H,1H3. The average molecular weight is 221 g/mol. The maximum atomic E-state index is 9.36. The van der Waals surface area contributed by atoms with E-state index >= 15 is 0 Å². The van der Waals surface area contributed by atoms with Crippen molar-refractivity contribution in [1.29, 1.82) is 0 Å². The third-order valence-electron chi connectivity index (χ3n) is 1.38. The van der Waals surface area contributed by atoms with Crippen LogP contribution >= 0.6 is 27.7 Å². The quantitative estimate of drug-likeness (QED) is 0.730.